The molecule has 4 nitrogen and oxygen atoms in total. The molecule has 0 radical (unpaired) electrons. The first-order valence-corrected chi connectivity index (χ1v) is 5.03. The molecule has 72 valence electrons. The van der Waals surface area contributed by atoms with Gasteiger partial charge < -0.3 is 9.72 Å². The molecular formula is C8H7N3OS2. The minimum atomic E-state index is 0.605. The summed E-state index contributed by atoms with van der Waals surface area (Å²) in [7, 11) is 1.59. The van der Waals surface area contributed by atoms with Crippen LogP contribution in [-0.2, 0) is 0 Å². The first-order valence-electron chi connectivity index (χ1n) is 3.85. The molecule has 14 heavy (non-hydrogen) atoms. The van der Waals surface area contributed by atoms with Gasteiger partial charge in [0.25, 0.3) is 0 Å². The third-order valence-electron chi connectivity index (χ3n) is 1.62. The number of nitrogens with zero attached hydrogens (tertiary/aromatic N) is 2. The van der Waals surface area contributed by atoms with E-state index in [0.717, 1.165) is 10.6 Å². The molecule has 2 rings (SSSR count). The largest absolute Gasteiger partial charge is 0.480 e. The van der Waals surface area contributed by atoms with Crippen LogP contribution in [0.15, 0.2) is 18.5 Å². The second-order valence-electron chi connectivity index (χ2n) is 2.54. The third-order valence-corrected chi connectivity index (χ3v) is 2.63. The molecule has 0 aromatic carbocycles. The van der Waals surface area contributed by atoms with Crippen LogP contribution in [0.1, 0.15) is 0 Å². The molecule has 0 unspecified atom stereocenters. The van der Waals surface area contributed by atoms with Crippen molar-refractivity contribution in [3.05, 3.63) is 23.1 Å². The molecule has 0 fully saturated rings. The van der Waals surface area contributed by atoms with Crippen LogP contribution in [0.5, 0.6) is 5.88 Å². The van der Waals surface area contributed by atoms with Crippen molar-refractivity contribution >= 4 is 23.8 Å². The smallest absolute Gasteiger partial charge is 0.225 e. The van der Waals surface area contributed by atoms with Gasteiger partial charge in [-0.2, -0.15) is 4.37 Å². The van der Waals surface area contributed by atoms with Crippen molar-refractivity contribution in [2.45, 2.75) is 0 Å². The van der Waals surface area contributed by atoms with Gasteiger partial charge in [-0.3, -0.25) is 4.98 Å². The Labute approximate surface area is 89.8 Å². The summed E-state index contributed by atoms with van der Waals surface area (Å²) >= 11 is 6.31. The van der Waals surface area contributed by atoms with E-state index < -0.39 is 0 Å². The highest BCUT2D eigenvalue weighted by Gasteiger charge is 2.04. The lowest BCUT2D eigenvalue weighted by molar-refractivity contribution is 0.403. The summed E-state index contributed by atoms with van der Waals surface area (Å²) < 4.78 is 9.67. The molecule has 0 aliphatic carbocycles. The summed E-state index contributed by atoms with van der Waals surface area (Å²) in [5, 5.41) is 0. The number of aromatic amines is 1. The van der Waals surface area contributed by atoms with Gasteiger partial charge in [0, 0.05) is 6.07 Å². The number of ether oxygens (including phenoxy) is 1. The molecule has 0 amide bonds. The fourth-order valence-corrected chi connectivity index (χ4v) is 1.83. The lowest BCUT2D eigenvalue weighted by atomic mass is 10.4. The molecule has 0 saturated heterocycles. The van der Waals surface area contributed by atoms with Gasteiger partial charge >= 0.3 is 0 Å². The Morgan fingerprint density at radius 1 is 1.50 bits per heavy atom. The van der Waals surface area contributed by atoms with Crippen molar-refractivity contribution in [1.82, 2.24) is 14.3 Å². The van der Waals surface area contributed by atoms with Crippen LogP contribution in [0.25, 0.3) is 10.6 Å². The highest BCUT2D eigenvalue weighted by molar-refractivity contribution is 7.71. The molecule has 2 heterocycles. The van der Waals surface area contributed by atoms with Gasteiger partial charge in [0.2, 0.25) is 5.88 Å². The Kier molecular flexibility index (Phi) is 2.55. The van der Waals surface area contributed by atoms with E-state index in [4.69, 9.17) is 17.0 Å². The first kappa shape index (κ1) is 9.29. The van der Waals surface area contributed by atoms with Crippen molar-refractivity contribution < 1.29 is 4.74 Å². The minimum Gasteiger partial charge on any atom is -0.480 e. The fourth-order valence-electron chi connectivity index (χ4n) is 0.984. The van der Waals surface area contributed by atoms with E-state index in [1.807, 2.05) is 6.07 Å². The van der Waals surface area contributed by atoms with Gasteiger partial charge in [-0.1, -0.05) is 12.2 Å². The summed E-state index contributed by atoms with van der Waals surface area (Å²) in [5.41, 5.74) is 0.860. The number of hydrogen-bond donors (Lipinski definition) is 1. The average molecular weight is 225 g/mol. The second-order valence-corrected chi connectivity index (χ2v) is 3.79. The first-order chi connectivity index (χ1) is 6.79. The Bertz CT molecular complexity index is 491. The van der Waals surface area contributed by atoms with E-state index in [0.29, 0.717) is 10.5 Å². The van der Waals surface area contributed by atoms with E-state index >= 15 is 0 Å². The molecule has 6 heteroatoms. The Balaban J connectivity index is 2.44. The maximum absolute atomic E-state index is 4.99. The highest BCUT2D eigenvalue weighted by Crippen LogP contribution is 2.25. The summed E-state index contributed by atoms with van der Waals surface area (Å²) in [6.45, 7) is 0. The van der Waals surface area contributed by atoms with Gasteiger partial charge in [0.05, 0.1) is 30.1 Å². The number of methoxy groups -OCH3 is 1. The summed E-state index contributed by atoms with van der Waals surface area (Å²) in [5.74, 6) is 0.605. The lowest BCUT2D eigenvalue weighted by Gasteiger charge is -1.94. The number of nitrogens with one attached hydrogen (secondary N) is 1. The van der Waals surface area contributed by atoms with Crippen LogP contribution in [0.2, 0.25) is 0 Å². The molecular weight excluding hydrogens is 218 g/mol. The molecule has 0 bridgehead atoms. The number of H-pyrrole nitrogens is 1. The molecule has 2 aromatic heterocycles. The van der Waals surface area contributed by atoms with Crippen LogP contribution in [0.3, 0.4) is 0 Å². The predicted molar refractivity (Wildman–Crippen MR) is 57.1 cm³/mol. The number of aromatic nitrogens is 3. The van der Waals surface area contributed by atoms with Gasteiger partial charge in [-0.05, 0) is 11.5 Å². The van der Waals surface area contributed by atoms with Crippen LogP contribution in [0.4, 0.5) is 0 Å². The molecule has 0 aliphatic heterocycles. The van der Waals surface area contributed by atoms with E-state index in [-0.39, 0.29) is 0 Å². The van der Waals surface area contributed by atoms with Crippen LogP contribution in [0, 0.1) is 4.64 Å². The van der Waals surface area contributed by atoms with E-state index in [9.17, 15) is 0 Å². The maximum Gasteiger partial charge on any atom is 0.225 e. The maximum atomic E-state index is 4.99. The van der Waals surface area contributed by atoms with Crippen LogP contribution in [-0.4, -0.2) is 21.5 Å². The average Bonchev–Trinajstić information content (AvgIpc) is 2.66. The van der Waals surface area contributed by atoms with Crippen molar-refractivity contribution in [3.8, 4) is 16.5 Å². The fraction of sp³-hybridized carbons (Fsp3) is 0.125. The Morgan fingerprint density at radius 2 is 2.36 bits per heavy atom. The predicted octanol–water partition coefficient (Wildman–Crippen LogP) is 2.27. The standard InChI is InChI=1S/C8H7N3OS2/c1-12-7-2-6(14-11-7)5-3-9-4-8(13)10-5/h2-4H,1H3,(H,10,13). The van der Waals surface area contributed by atoms with E-state index in [1.165, 1.54) is 11.5 Å². The molecule has 0 saturated carbocycles. The van der Waals surface area contributed by atoms with Gasteiger partial charge in [-0.15, -0.1) is 0 Å². The van der Waals surface area contributed by atoms with E-state index in [1.54, 1.807) is 19.5 Å². The lowest BCUT2D eigenvalue weighted by Crippen LogP contribution is -1.82. The van der Waals surface area contributed by atoms with Gasteiger partial charge in [-0.25, -0.2) is 0 Å². The molecule has 0 atom stereocenters. The van der Waals surface area contributed by atoms with Gasteiger partial charge in [0.1, 0.15) is 4.64 Å². The Hall–Kier alpha value is -1.27. The normalized spacial score (nSPS) is 10.1. The van der Waals surface area contributed by atoms with E-state index in [2.05, 4.69) is 14.3 Å². The topological polar surface area (TPSA) is 50.8 Å². The van der Waals surface area contributed by atoms with Crippen molar-refractivity contribution in [3.63, 3.8) is 0 Å². The minimum absolute atomic E-state index is 0.605. The zero-order valence-electron chi connectivity index (χ0n) is 7.35. The SMILES string of the molecule is COc1cc(-c2cncc(=S)[nH]2)sn1. The number of rotatable bonds is 2. The van der Waals surface area contributed by atoms with Crippen molar-refractivity contribution in [2.24, 2.45) is 0 Å². The van der Waals surface area contributed by atoms with Gasteiger partial charge in [0.15, 0.2) is 0 Å². The quantitative estimate of drug-likeness (QED) is 0.797. The zero-order valence-corrected chi connectivity index (χ0v) is 8.98. The van der Waals surface area contributed by atoms with Crippen molar-refractivity contribution in [2.75, 3.05) is 7.11 Å². The molecule has 0 aliphatic rings. The summed E-state index contributed by atoms with van der Waals surface area (Å²) in [6.07, 6.45) is 3.31. The second kappa shape index (κ2) is 3.85. The van der Waals surface area contributed by atoms with Crippen molar-refractivity contribution in [1.29, 1.82) is 0 Å². The van der Waals surface area contributed by atoms with Crippen LogP contribution >= 0.6 is 23.8 Å². The highest BCUT2D eigenvalue weighted by atomic mass is 32.1. The molecule has 1 N–H and O–H groups in total. The summed E-state index contributed by atoms with van der Waals surface area (Å²) in [4.78, 5) is 7.99. The molecule has 2 aromatic rings. The number of hydrogen-bond acceptors (Lipinski definition) is 5. The summed E-state index contributed by atoms with van der Waals surface area (Å²) in [6, 6.07) is 1.84. The molecule has 0 spiro atoms. The monoisotopic (exact) mass is 225 g/mol. The van der Waals surface area contributed by atoms with Crippen LogP contribution < -0.4 is 4.74 Å². The zero-order chi connectivity index (χ0) is 9.97. The third kappa shape index (κ3) is 1.80. The Morgan fingerprint density at radius 3 is 3.00 bits per heavy atom.